The summed E-state index contributed by atoms with van der Waals surface area (Å²) in [6.07, 6.45) is 4.54. The third kappa shape index (κ3) is 2.92. The molecule has 0 aliphatic carbocycles. The van der Waals surface area contributed by atoms with E-state index in [1.165, 1.54) is 18.4 Å². The van der Waals surface area contributed by atoms with Gasteiger partial charge >= 0.3 is 0 Å². The highest BCUT2D eigenvalue weighted by Crippen LogP contribution is 2.34. The molecular formula is C24H27N3O. The van der Waals surface area contributed by atoms with Gasteiger partial charge in [-0.3, -0.25) is 4.79 Å². The van der Waals surface area contributed by atoms with Crippen LogP contribution in [-0.2, 0) is 7.05 Å². The summed E-state index contributed by atoms with van der Waals surface area (Å²) in [6, 6.07) is 18.0. The number of benzene rings is 2. The van der Waals surface area contributed by atoms with Crippen LogP contribution < -0.4 is 10.6 Å². The zero-order chi connectivity index (χ0) is 19.3. The summed E-state index contributed by atoms with van der Waals surface area (Å²) in [7, 11) is 2.06. The quantitative estimate of drug-likeness (QED) is 0.724. The number of amides is 1. The summed E-state index contributed by atoms with van der Waals surface area (Å²) in [5.41, 5.74) is 5.15. The number of nitrogens with zero attached hydrogens (tertiary/aromatic N) is 1. The summed E-state index contributed by atoms with van der Waals surface area (Å²) in [5, 5.41) is 8.07. The van der Waals surface area contributed by atoms with Crippen LogP contribution in [0.15, 0.2) is 48.5 Å². The SMILES string of the molecule is Cc1ccc2c(c1)c(C(=O)NC1CC3CCC(C1)N3)c(-c1ccccc1)n2C. The highest BCUT2D eigenvalue weighted by atomic mass is 16.1. The van der Waals surface area contributed by atoms with Gasteiger partial charge in [0.1, 0.15) is 0 Å². The topological polar surface area (TPSA) is 46.1 Å². The number of aryl methyl sites for hydroxylation is 2. The number of aromatic nitrogens is 1. The molecule has 4 nitrogen and oxygen atoms in total. The van der Waals surface area contributed by atoms with Crippen LogP contribution in [-0.4, -0.2) is 28.6 Å². The lowest BCUT2D eigenvalue weighted by molar-refractivity contribution is 0.0926. The predicted molar refractivity (Wildman–Crippen MR) is 114 cm³/mol. The monoisotopic (exact) mass is 373 g/mol. The Morgan fingerprint density at radius 2 is 1.79 bits per heavy atom. The molecule has 2 aromatic carbocycles. The fourth-order valence-corrected chi connectivity index (χ4v) is 5.15. The van der Waals surface area contributed by atoms with Crippen LogP contribution in [0.25, 0.3) is 22.2 Å². The molecule has 144 valence electrons. The summed E-state index contributed by atoms with van der Waals surface area (Å²) < 4.78 is 2.16. The summed E-state index contributed by atoms with van der Waals surface area (Å²) >= 11 is 0. The Balaban J connectivity index is 1.59. The molecule has 4 heteroatoms. The Morgan fingerprint density at radius 1 is 1.07 bits per heavy atom. The van der Waals surface area contributed by atoms with Crippen LogP contribution >= 0.6 is 0 Å². The summed E-state index contributed by atoms with van der Waals surface area (Å²) in [5.74, 6) is 0.0568. The van der Waals surface area contributed by atoms with Crippen LogP contribution in [0.5, 0.6) is 0 Å². The predicted octanol–water partition coefficient (Wildman–Crippen LogP) is 4.17. The van der Waals surface area contributed by atoms with Crippen molar-refractivity contribution in [2.75, 3.05) is 0 Å². The number of carbonyl (C=O) groups is 1. The number of fused-ring (bicyclic) bond motifs is 3. The van der Waals surface area contributed by atoms with Crippen molar-refractivity contribution in [1.29, 1.82) is 0 Å². The van der Waals surface area contributed by atoms with Crippen molar-refractivity contribution in [3.8, 4) is 11.3 Å². The lowest BCUT2D eigenvalue weighted by Crippen LogP contribution is -2.48. The zero-order valence-corrected chi connectivity index (χ0v) is 16.5. The maximum absolute atomic E-state index is 13.5. The molecule has 2 aliphatic heterocycles. The van der Waals surface area contributed by atoms with Crippen molar-refractivity contribution >= 4 is 16.8 Å². The molecule has 2 N–H and O–H groups in total. The van der Waals surface area contributed by atoms with Gasteiger partial charge in [-0.15, -0.1) is 0 Å². The Morgan fingerprint density at radius 3 is 2.50 bits per heavy atom. The van der Waals surface area contributed by atoms with Gasteiger partial charge in [-0.05, 0) is 50.3 Å². The number of rotatable bonds is 3. The van der Waals surface area contributed by atoms with Crippen molar-refractivity contribution in [2.24, 2.45) is 7.05 Å². The molecule has 3 heterocycles. The second-order valence-electron chi connectivity index (χ2n) is 8.45. The van der Waals surface area contributed by atoms with E-state index in [1.54, 1.807) is 0 Å². The molecule has 2 unspecified atom stereocenters. The first-order valence-electron chi connectivity index (χ1n) is 10.3. The molecule has 2 saturated heterocycles. The number of hydrogen-bond acceptors (Lipinski definition) is 2. The standard InChI is InChI=1S/C24H27N3O/c1-15-8-11-21-20(12-15)22(23(27(21)2)16-6-4-3-5-7-16)24(28)26-19-13-17-9-10-18(14-19)25-17/h3-8,11-12,17-19,25H,9-10,13-14H2,1-2H3,(H,26,28). The van der Waals surface area contributed by atoms with Gasteiger partial charge in [0.25, 0.3) is 5.91 Å². The Hall–Kier alpha value is -2.59. The van der Waals surface area contributed by atoms with Gasteiger partial charge in [0.05, 0.1) is 11.3 Å². The van der Waals surface area contributed by atoms with Crippen LogP contribution in [0.2, 0.25) is 0 Å². The molecular weight excluding hydrogens is 346 g/mol. The molecule has 0 radical (unpaired) electrons. The molecule has 3 aromatic rings. The molecule has 2 aliphatic rings. The van der Waals surface area contributed by atoms with E-state index < -0.39 is 0 Å². The number of carbonyl (C=O) groups excluding carboxylic acids is 1. The van der Waals surface area contributed by atoms with Crippen molar-refractivity contribution in [3.63, 3.8) is 0 Å². The van der Waals surface area contributed by atoms with Gasteiger partial charge in [-0.25, -0.2) is 0 Å². The first-order valence-corrected chi connectivity index (χ1v) is 10.3. The lowest BCUT2D eigenvalue weighted by atomic mass is 9.98. The van der Waals surface area contributed by atoms with Crippen molar-refractivity contribution in [2.45, 2.75) is 50.7 Å². The molecule has 0 spiro atoms. The van der Waals surface area contributed by atoms with Crippen LogP contribution in [0.3, 0.4) is 0 Å². The van der Waals surface area contributed by atoms with Crippen LogP contribution in [0.1, 0.15) is 41.6 Å². The van der Waals surface area contributed by atoms with Gasteiger partial charge in [-0.1, -0.05) is 42.0 Å². The Kier molecular flexibility index (Phi) is 4.24. The van der Waals surface area contributed by atoms with Gasteiger partial charge < -0.3 is 15.2 Å². The molecule has 5 rings (SSSR count). The van der Waals surface area contributed by atoms with Crippen molar-refractivity contribution < 1.29 is 4.79 Å². The molecule has 2 atom stereocenters. The van der Waals surface area contributed by atoms with Crippen molar-refractivity contribution in [3.05, 3.63) is 59.7 Å². The molecule has 2 bridgehead atoms. The lowest BCUT2D eigenvalue weighted by Gasteiger charge is -2.29. The van der Waals surface area contributed by atoms with Gasteiger partial charge in [0, 0.05) is 36.1 Å². The molecule has 1 aromatic heterocycles. The van der Waals surface area contributed by atoms with Gasteiger partial charge in [-0.2, -0.15) is 0 Å². The minimum Gasteiger partial charge on any atom is -0.349 e. The van der Waals surface area contributed by atoms with Crippen LogP contribution in [0, 0.1) is 6.92 Å². The fourth-order valence-electron chi connectivity index (χ4n) is 5.15. The average molecular weight is 374 g/mol. The fraction of sp³-hybridized carbons (Fsp3) is 0.375. The maximum atomic E-state index is 13.5. The third-order valence-corrected chi connectivity index (χ3v) is 6.44. The molecule has 2 fully saturated rings. The first-order chi connectivity index (χ1) is 13.6. The molecule has 28 heavy (non-hydrogen) atoms. The van der Waals surface area contributed by atoms with Crippen molar-refractivity contribution in [1.82, 2.24) is 15.2 Å². The minimum atomic E-state index is 0.0568. The van der Waals surface area contributed by atoms with E-state index in [9.17, 15) is 4.79 Å². The Labute approximate surface area is 165 Å². The van der Waals surface area contributed by atoms with E-state index in [2.05, 4.69) is 59.5 Å². The number of hydrogen-bond donors (Lipinski definition) is 2. The Bertz CT molecular complexity index is 1020. The minimum absolute atomic E-state index is 0.0568. The molecule has 1 amide bonds. The van der Waals surface area contributed by atoms with E-state index in [0.717, 1.165) is 40.6 Å². The average Bonchev–Trinajstić information content (AvgIpc) is 3.18. The largest absolute Gasteiger partial charge is 0.349 e. The van der Waals surface area contributed by atoms with E-state index in [0.29, 0.717) is 12.1 Å². The normalized spacial score (nSPS) is 23.9. The van der Waals surface area contributed by atoms with Gasteiger partial charge in [0.2, 0.25) is 0 Å². The summed E-state index contributed by atoms with van der Waals surface area (Å²) in [4.78, 5) is 13.5. The smallest absolute Gasteiger partial charge is 0.254 e. The maximum Gasteiger partial charge on any atom is 0.254 e. The van der Waals surface area contributed by atoms with E-state index in [1.807, 2.05) is 18.2 Å². The zero-order valence-electron chi connectivity index (χ0n) is 16.5. The number of piperidine rings is 1. The highest BCUT2D eigenvalue weighted by Gasteiger charge is 2.35. The van der Waals surface area contributed by atoms with Gasteiger partial charge in [0.15, 0.2) is 0 Å². The molecule has 0 saturated carbocycles. The van der Waals surface area contributed by atoms with E-state index in [4.69, 9.17) is 0 Å². The summed E-state index contributed by atoms with van der Waals surface area (Å²) in [6.45, 7) is 2.08. The third-order valence-electron chi connectivity index (χ3n) is 6.44. The number of nitrogens with one attached hydrogen (secondary N) is 2. The second kappa shape index (κ2) is 6.78. The second-order valence-corrected chi connectivity index (χ2v) is 8.45. The van der Waals surface area contributed by atoms with Crippen LogP contribution in [0.4, 0.5) is 0 Å². The van der Waals surface area contributed by atoms with E-state index >= 15 is 0 Å². The highest BCUT2D eigenvalue weighted by molar-refractivity contribution is 6.13. The van der Waals surface area contributed by atoms with E-state index in [-0.39, 0.29) is 11.9 Å². The first kappa shape index (κ1) is 17.5.